The zero-order chi connectivity index (χ0) is 10.3. The summed E-state index contributed by atoms with van der Waals surface area (Å²) < 4.78 is 3.88. The monoisotopic (exact) mass is 214 g/mol. The number of nitrogen functional groups attached to an aromatic ring is 1. The summed E-state index contributed by atoms with van der Waals surface area (Å²) in [6.45, 7) is 4.06. The van der Waals surface area contributed by atoms with E-state index in [0.717, 1.165) is 11.6 Å². The first kappa shape index (κ1) is 9.67. The summed E-state index contributed by atoms with van der Waals surface area (Å²) in [6.07, 6.45) is 0.525. The lowest BCUT2D eigenvalue weighted by Crippen LogP contribution is -2.56. The van der Waals surface area contributed by atoms with Crippen molar-refractivity contribution in [3.63, 3.8) is 0 Å². The highest BCUT2D eigenvalue weighted by Gasteiger charge is 2.47. The van der Waals surface area contributed by atoms with Crippen LogP contribution in [-0.4, -0.2) is 26.6 Å². The Labute approximate surface area is 86.5 Å². The Balaban J connectivity index is 2.00. The van der Waals surface area contributed by atoms with Gasteiger partial charge in [-0.2, -0.15) is 9.36 Å². The van der Waals surface area contributed by atoms with Gasteiger partial charge in [-0.15, -0.1) is 0 Å². The average Bonchev–Trinajstić information content (AvgIpc) is 2.51. The highest BCUT2D eigenvalue weighted by Crippen LogP contribution is 2.42. The van der Waals surface area contributed by atoms with Crippen LogP contribution in [0.5, 0.6) is 0 Å². The molecule has 2 atom stereocenters. The van der Waals surface area contributed by atoms with Crippen molar-refractivity contribution in [1.29, 1.82) is 0 Å². The molecule has 0 amide bonds. The van der Waals surface area contributed by atoms with Gasteiger partial charge < -0.3 is 16.2 Å². The normalized spacial score (nSPS) is 29.6. The van der Waals surface area contributed by atoms with E-state index in [-0.39, 0.29) is 17.6 Å². The smallest absolute Gasteiger partial charge is 0.233 e. The van der Waals surface area contributed by atoms with Gasteiger partial charge in [0, 0.05) is 23.0 Å². The molecule has 1 saturated carbocycles. The number of nitrogens with one attached hydrogen (secondary N) is 1. The van der Waals surface area contributed by atoms with Crippen molar-refractivity contribution < 1.29 is 5.11 Å². The highest BCUT2D eigenvalue weighted by molar-refractivity contribution is 7.09. The van der Waals surface area contributed by atoms with Crippen LogP contribution in [0.25, 0.3) is 0 Å². The summed E-state index contributed by atoms with van der Waals surface area (Å²) in [7, 11) is 0. The number of aliphatic hydroxyl groups is 1. The second-order valence-electron chi connectivity index (χ2n) is 4.23. The van der Waals surface area contributed by atoms with Crippen LogP contribution in [0.4, 0.5) is 11.1 Å². The molecule has 0 spiro atoms. The van der Waals surface area contributed by atoms with Crippen molar-refractivity contribution in [2.45, 2.75) is 32.4 Å². The van der Waals surface area contributed by atoms with Crippen molar-refractivity contribution in [3.8, 4) is 0 Å². The predicted molar refractivity (Wildman–Crippen MR) is 56.1 cm³/mol. The van der Waals surface area contributed by atoms with E-state index in [9.17, 15) is 5.11 Å². The number of aliphatic hydroxyl groups excluding tert-OH is 1. The number of hydrogen-bond donors (Lipinski definition) is 3. The molecule has 0 saturated heterocycles. The van der Waals surface area contributed by atoms with E-state index < -0.39 is 0 Å². The lowest BCUT2D eigenvalue weighted by molar-refractivity contribution is -0.0510. The number of rotatable bonds is 2. The SMILES string of the molecule is CC1(C)C(O)CC1Nc1nc(N)ns1. The Morgan fingerprint density at radius 3 is 2.79 bits per heavy atom. The van der Waals surface area contributed by atoms with Gasteiger partial charge in [-0.3, -0.25) is 0 Å². The average molecular weight is 214 g/mol. The summed E-state index contributed by atoms with van der Waals surface area (Å²) in [4.78, 5) is 4.02. The number of anilines is 2. The number of aromatic nitrogens is 2. The van der Waals surface area contributed by atoms with Gasteiger partial charge in [-0.25, -0.2) is 0 Å². The van der Waals surface area contributed by atoms with Crippen LogP contribution in [0, 0.1) is 5.41 Å². The largest absolute Gasteiger partial charge is 0.392 e. The lowest BCUT2D eigenvalue weighted by Gasteiger charge is -2.49. The van der Waals surface area contributed by atoms with Gasteiger partial charge >= 0.3 is 0 Å². The van der Waals surface area contributed by atoms with Gasteiger partial charge in [0.15, 0.2) is 0 Å². The van der Waals surface area contributed by atoms with Gasteiger partial charge in [-0.05, 0) is 6.42 Å². The lowest BCUT2D eigenvalue weighted by atomic mass is 9.65. The van der Waals surface area contributed by atoms with Crippen LogP contribution < -0.4 is 11.1 Å². The topological polar surface area (TPSA) is 84.1 Å². The van der Waals surface area contributed by atoms with E-state index in [2.05, 4.69) is 14.7 Å². The molecule has 1 heterocycles. The quantitative estimate of drug-likeness (QED) is 0.674. The fourth-order valence-corrected chi connectivity index (χ4v) is 2.14. The fraction of sp³-hybridized carbons (Fsp3) is 0.750. The molecule has 14 heavy (non-hydrogen) atoms. The van der Waals surface area contributed by atoms with Crippen molar-refractivity contribution in [3.05, 3.63) is 0 Å². The molecular formula is C8H14N4OS. The first-order valence-electron chi connectivity index (χ1n) is 4.54. The number of nitrogens with two attached hydrogens (primary N) is 1. The standard InChI is InChI=1S/C8H14N4OS/c1-8(2)4(3-5(8)13)10-7-11-6(9)12-14-7/h4-5,13H,3H2,1-2H3,(H3,9,10,11,12). The summed E-state index contributed by atoms with van der Waals surface area (Å²) >= 11 is 1.25. The van der Waals surface area contributed by atoms with Crippen molar-refractivity contribution in [2.24, 2.45) is 5.41 Å². The highest BCUT2D eigenvalue weighted by atomic mass is 32.1. The van der Waals surface area contributed by atoms with Gasteiger partial charge in [0.05, 0.1) is 6.10 Å². The van der Waals surface area contributed by atoms with E-state index in [1.165, 1.54) is 11.5 Å². The van der Waals surface area contributed by atoms with Crippen LogP contribution >= 0.6 is 11.5 Å². The zero-order valence-corrected chi connectivity index (χ0v) is 9.01. The first-order valence-corrected chi connectivity index (χ1v) is 5.31. The van der Waals surface area contributed by atoms with E-state index in [4.69, 9.17) is 5.73 Å². The van der Waals surface area contributed by atoms with E-state index in [1.807, 2.05) is 13.8 Å². The molecule has 5 nitrogen and oxygen atoms in total. The molecule has 78 valence electrons. The molecule has 0 radical (unpaired) electrons. The molecule has 1 fully saturated rings. The van der Waals surface area contributed by atoms with Gasteiger partial charge in [-0.1, -0.05) is 13.8 Å². The van der Waals surface area contributed by atoms with Crippen molar-refractivity contribution >= 4 is 22.6 Å². The molecule has 0 aliphatic heterocycles. The number of hydrogen-bond acceptors (Lipinski definition) is 6. The number of nitrogens with zero attached hydrogens (tertiary/aromatic N) is 2. The molecule has 2 unspecified atom stereocenters. The summed E-state index contributed by atoms with van der Waals surface area (Å²) in [5.74, 6) is 0.301. The van der Waals surface area contributed by atoms with E-state index in [0.29, 0.717) is 5.95 Å². The second kappa shape index (κ2) is 3.06. The van der Waals surface area contributed by atoms with Crippen molar-refractivity contribution in [2.75, 3.05) is 11.1 Å². The van der Waals surface area contributed by atoms with Crippen LogP contribution in [0.1, 0.15) is 20.3 Å². The van der Waals surface area contributed by atoms with Gasteiger partial charge in [0.2, 0.25) is 11.1 Å². The van der Waals surface area contributed by atoms with Gasteiger partial charge in [0.1, 0.15) is 0 Å². The maximum atomic E-state index is 9.53. The minimum atomic E-state index is -0.231. The minimum Gasteiger partial charge on any atom is -0.392 e. The molecule has 4 N–H and O–H groups in total. The molecule has 1 aliphatic rings. The molecule has 2 rings (SSSR count). The Morgan fingerprint density at radius 2 is 2.36 bits per heavy atom. The molecule has 6 heteroatoms. The Kier molecular flexibility index (Phi) is 2.11. The fourth-order valence-electron chi connectivity index (χ4n) is 1.59. The third-order valence-electron chi connectivity index (χ3n) is 2.96. The minimum absolute atomic E-state index is 0.0968. The molecule has 0 bridgehead atoms. The Morgan fingerprint density at radius 1 is 1.64 bits per heavy atom. The Hall–Kier alpha value is -0.880. The molecule has 1 aromatic heterocycles. The van der Waals surface area contributed by atoms with Crippen LogP contribution in [0.3, 0.4) is 0 Å². The maximum absolute atomic E-state index is 9.53. The third kappa shape index (κ3) is 1.44. The molecule has 1 aromatic rings. The third-order valence-corrected chi connectivity index (χ3v) is 3.62. The first-order chi connectivity index (χ1) is 6.50. The Bertz CT molecular complexity index is 338. The van der Waals surface area contributed by atoms with Crippen LogP contribution in [-0.2, 0) is 0 Å². The summed E-state index contributed by atoms with van der Waals surface area (Å²) in [5.41, 5.74) is 5.31. The van der Waals surface area contributed by atoms with Crippen molar-refractivity contribution in [1.82, 2.24) is 9.36 Å². The molecule has 0 aromatic carbocycles. The second-order valence-corrected chi connectivity index (χ2v) is 4.98. The maximum Gasteiger partial charge on any atom is 0.233 e. The summed E-state index contributed by atoms with van der Waals surface area (Å²) in [5, 5.41) is 13.5. The van der Waals surface area contributed by atoms with E-state index >= 15 is 0 Å². The van der Waals surface area contributed by atoms with E-state index in [1.54, 1.807) is 0 Å². The predicted octanol–water partition coefficient (Wildman–Crippen LogP) is 0.692. The van der Waals surface area contributed by atoms with Crippen LogP contribution in [0.2, 0.25) is 0 Å². The van der Waals surface area contributed by atoms with Gasteiger partial charge in [0.25, 0.3) is 0 Å². The zero-order valence-electron chi connectivity index (χ0n) is 8.19. The molecule has 1 aliphatic carbocycles. The summed E-state index contributed by atoms with van der Waals surface area (Å²) in [6, 6.07) is 0.254. The van der Waals surface area contributed by atoms with Crippen LogP contribution in [0.15, 0.2) is 0 Å². The molecular weight excluding hydrogens is 200 g/mol.